The lowest BCUT2D eigenvalue weighted by Gasteiger charge is -2.37. The largest absolute Gasteiger partial charge is 0.454 e. The predicted molar refractivity (Wildman–Crippen MR) is 116 cm³/mol. The summed E-state index contributed by atoms with van der Waals surface area (Å²) in [5.74, 6) is 1.52. The molecule has 5 rings (SSSR count). The normalized spacial score (nSPS) is 18.9. The average molecular weight is 424 g/mol. The smallest absolute Gasteiger partial charge is 0.231 e. The Morgan fingerprint density at radius 1 is 1.10 bits per heavy atom. The molecule has 5 nitrogen and oxygen atoms in total. The summed E-state index contributed by atoms with van der Waals surface area (Å²) in [5, 5.41) is 12.9. The number of benzene rings is 2. The van der Waals surface area contributed by atoms with Gasteiger partial charge in [-0.2, -0.15) is 0 Å². The Labute approximate surface area is 180 Å². The third kappa shape index (κ3) is 4.09. The molecular weight excluding hydrogens is 398 g/mol. The van der Waals surface area contributed by atoms with Crippen molar-refractivity contribution < 1.29 is 19.3 Å². The number of aliphatic hydroxyl groups is 1. The van der Waals surface area contributed by atoms with Gasteiger partial charge in [0.15, 0.2) is 11.5 Å². The highest BCUT2D eigenvalue weighted by molar-refractivity contribution is 7.10. The SMILES string of the molecule is O[C@H](COCc1ccc2c(c1)OCO2)CN1CCc2sccc2[C@H]1c1ccccc1. The summed E-state index contributed by atoms with van der Waals surface area (Å²) >= 11 is 1.83. The zero-order valence-electron chi connectivity index (χ0n) is 16.7. The third-order valence-electron chi connectivity index (χ3n) is 5.64. The second kappa shape index (κ2) is 8.78. The van der Waals surface area contributed by atoms with Gasteiger partial charge in [0.05, 0.1) is 25.4 Å². The van der Waals surface area contributed by atoms with Crippen molar-refractivity contribution in [3.05, 3.63) is 81.5 Å². The van der Waals surface area contributed by atoms with Gasteiger partial charge in [0, 0.05) is 18.0 Å². The second-order valence-electron chi connectivity index (χ2n) is 7.71. The first-order chi connectivity index (χ1) is 14.8. The third-order valence-corrected chi connectivity index (χ3v) is 6.64. The van der Waals surface area contributed by atoms with Crippen LogP contribution < -0.4 is 9.47 Å². The van der Waals surface area contributed by atoms with E-state index in [9.17, 15) is 5.11 Å². The molecular formula is C24H25NO4S. The Balaban J connectivity index is 1.21. The predicted octanol–water partition coefficient (Wildman–Crippen LogP) is 4.00. The molecule has 3 heterocycles. The summed E-state index contributed by atoms with van der Waals surface area (Å²) in [4.78, 5) is 3.83. The summed E-state index contributed by atoms with van der Waals surface area (Å²) in [7, 11) is 0. The number of fused-ring (bicyclic) bond motifs is 2. The van der Waals surface area contributed by atoms with Crippen LogP contribution in [-0.4, -0.2) is 42.6 Å². The van der Waals surface area contributed by atoms with Gasteiger partial charge >= 0.3 is 0 Å². The van der Waals surface area contributed by atoms with Crippen LogP contribution in [0, 0.1) is 0 Å². The van der Waals surface area contributed by atoms with Gasteiger partial charge in [0.2, 0.25) is 6.79 Å². The summed E-state index contributed by atoms with van der Waals surface area (Å²) < 4.78 is 16.6. The molecule has 2 atom stereocenters. The number of hydrogen-bond donors (Lipinski definition) is 1. The number of hydrogen-bond acceptors (Lipinski definition) is 6. The van der Waals surface area contributed by atoms with Gasteiger partial charge in [-0.15, -0.1) is 11.3 Å². The zero-order valence-corrected chi connectivity index (χ0v) is 17.5. The fourth-order valence-corrected chi connectivity index (χ4v) is 5.16. The number of thiophene rings is 1. The molecule has 0 bridgehead atoms. The molecule has 0 saturated carbocycles. The highest BCUT2D eigenvalue weighted by Gasteiger charge is 2.30. The highest BCUT2D eigenvalue weighted by Crippen LogP contribution is 2.37. The average Bonchev–Trinajstić information content (AvgIpc) is 3.43. The first-order valence-electron chi connectivity index (χ1n) is 10.3. The lowest BCUT2D eigenvalue weighted by molar-refractivity contribution is 0.00391. The Morgan fingerprint density at radius 2 is 1.97 bits per heavy atom. The number of aliphatic hydroxyl groups excluding tert-OH is 1. The molecule has 3 aromatic rings. The Kier molecular flexibility index (Phi) is 5.73. The van der Waals surface area contributed by atoms with Crippen molar-refractivity contribution in [1.29, 1.82) is 0 Å². The van der Waals surface area contributed by atoms with E-state index in [0.717, 1.165) is 30.0 Å². The van der Waals surface area contributed by atoms with Crippen LogP contribution in [0.3, 0.4) is 0 Å². The summed E-state index contributed by atoms with van der Waals surface area (Å²) in [5.41, 5.74) is 3.64. The topological polar surface area (TPSA) is 51.2 Å². The Hall–Kier alpha value is -2.38. The molecule has 6 heteroatoms. The van der Waals surface area contributed by atoms with Crippen molar-refractivity contribution in [3.63, 3.8) is 0 Å². The molecule has 2 aromatic carbocycles. The first kappa shape index (κ1) is 19.6. The summed E-state index contributed by atoms with van der Waals surface area (Å²) in [6.07, 6.45) is 0.478. The fourth-order valence-electron chi connectivity index (χ4n) is 4.26. The Morgan fingerprint density at radius 3 is 2.87 bits per heavy atom. The maximum Gasteiger partial charge on any atom is 0.231 e. The van der Waals surface area contributed by atoms with E-state index in [-0.39, 0.29) is 12.8 Å². The van der Waals surface area contributed by atoms with Crippen molar-refractivity contribution >= 4 is 11.3 Å². The minimum atomic E-state index is -0.551. The van der Waals surface area contributed by atoms with Gasteiger partial charge in [-0.3, -0.25) is 4.90 Å². The quantitative estimate of drug-likeness (QED) is 0.623. The van der Waals surface area contributed by atoms with Crippen LogP contribution in [0.5, 0.6) is 11.5 Å². The molecule has 2 aliphatic heterocycles. The molecule has 0 unspecified atom stereocenters. The van der Waals surface area contributed by atoms with E-state index in [0.29, 0.717) is 19.8 Å². The fraction of sp³-hybridized carbons (Fsp3) is 0.333. The van der Waals surface area contributed by atoms with E-state index in [4.69, 9.17) is 14.2 Å². The van der Waals surface area contributed by atoms with Gasteiger partial charge in [-0.1, -0.05) is 36.4 Å². The van der Waals surface area contributed by atoms with Gasteiger partial charge in [0.1, 0.15) is 0 Å². The van der Waals surface area contributed by atoms with Gasteiger partial charge in [-0.25, -0.2) is 0 Å². The standard InChI is InChI=1S/C24H25NO4S/c26-19(15-27-14-17-6-7-21-22(12-17)29-16-28-21)13-25-10-8-23-20(9-11-30-23)24(25)18-4-2-1-3-5-18/h1-7,9,11-12,19,24,26H,8,10,13-16H2/t19-,24+/m0/s1. The van der Waals surface area contributed by atoms with Gasteiger partial charge in [-0.05, 0) is 46.7 Å². The van der Waals surface area contributed by atoms with Crippen molar-refractivity contribution in [1.82, 2.24) is 4.90 Å². The van der Waals surface area contributed by atoms with E-state index < -0.39 is 6.10 Å². The molecule has 0 radical (unpaired) electrons. The van der Waals surface area contributed by atoms with Crippen LogP contribution >= 0.6 is 11.3 Å². The highest BCUT2D eigenvalue weighted by atomic mass is 32.1. The van der Waals surface area contributed by atoms with E-state index in [1.807, 2.05) is 35.6 Å². The molecule has 2 aliphatic rings. The van der Waals surface area contributed by atoms with Crippen molar-refractivity contribution in [2.75, 3.05) is 26.5 Å². The van der Waals surface area contributed by atoms with E-state index in [1.165, 1.54) is 16.0 Å². The number of nitrogens with zero attached hydrogens (tertiary/aromatic N) is 1. The molecule has 0 spiro atoms. The molecule has 0 aliphatic carbocycles. The van der Waals surface area contributed by atoms with E-state index in [2.05, 4.69) is 40.6 Å². The lowest BCUT2D eigenvalue weighted by atomic mass is 9.93. The minimum absolute atomic E-state index is 0.185. The monoisotopic (exact) mass is 423 g/mol. The maximum atomic E-state index is 10.7. The first-order valence-corrected chi connectivity index (χ1v) is 11.2. The van der Waals surface area contributed by atoms with Crippen LogP contribution in [0.2, 0.25) is 0 Å². The van der Waals surface area contributed by atoms with Crippen molar-refractivity contribution in [2.45, 2.75) is 25.2 Å². The number of ether oxygens (including phenoxy) is 3. The lowest BCUT2D eigenvalue weighted by Crippen LogP contribution is -2.41. The molecule has 156 valence electrons. The second-order valence-corrected chi connectivity index (χ2v) is 8.71. The van der Waals surface area contributed by atoms with Crippen molar-refractivity contribution in [2.24, 2.45) is 0 Å². The van der Waals surface area contributed by atoms with Crippen LogP contribution in [-0.2, 0) is 17.8 Å². The summed E-state index contributed by atoms with van der Waals surface area (Å²) in [6, 6.07) is 18.8. The number of rotatable bonds is 7. The molecule has 0 fully saturated rings. The van der Waals surface area contributed by atoms with Crippen LogP contribution in [0.15, 0.2) is 60.0 Å². The van der Waals surface area contributed by atoms with Crippen LogP contribution in [0.25, 0.3) is 0 Å². The molecule has 1 aromatic heterocycles. The molecule has 0 amide bonds. The van der Waals surface area contributed by atoms with Crippen molar-refractivity contribution in [3.8, 4) is 11.5 Å². The van der Waals surface area contributed by atoms with E-state index >= 15 is 0 Å². The number of β-amino-alcohol motifs (C(OH)–C–C–N with tert-alkyl or cyclic N) is 1. The summed E-state index contributed by atoms with van der Waals surface area (Å²) in [6.45, 7) is 2.51. The molecule has 0 saturated heterocycles. The van der Waals surface area contributed by atoms with Crippen LogP contribution in [0.1, 0.15) is 27.6 Å². The molecule has 30 heavy (non-hydrogen) atoms. The molecule has 1 N–H and O–H groups in total. The van der Waals surface area contributed by atoms with Crippen LogP contribution in [0.4, 0.5) is 0 Å². The zero-order chi connectivity index (χ0) is 20.3. The maximum absolute atomic E-state index is 10.7. The minimum Gasteiger partial charge on any atom is -0.454 e. The van der Waals surface area contributed by atoms with Gasteiger partial charge < -0.3 is 19.3 Å². The van der Waals surface area contributed by atoms with E-state index in [1.54, 1.807) is 0 Å². The Bertz CT molecular complexity index is 990. The van der Waals surface area contributed by atoms with Gasteiger partial charge in [0.25, 0.3) is 0 Å².